The van der Waals surface area contributed by atoms with Crippen LogP contribution in [0.1, 0.15) is 52.5 Å². The number of thiophene rings is 1. The molecule has 0 saturated heterocycles. The molecule has 0 unspecified atom stereocenters. The topological polar surface area (TPSA) is 75.7 Å². The van der Waals surface area contributed by atoms with Crippen LogP contribution in [0, 0.1) is 13.8 Å². The van der Waals surface area contributed by atoms with E-state index >= 15 is 0 Å². The Kier molecular flexibility index (Phi) is 7.25. The maximum absolute atomic E-state index is 12.9. The second-order valence-corrected chi connectivity index (χ2v) is 9.91. The van der Waals surface area contributed by atoms with Gasteiger partial charge in [0, 0.05) is 22.8 Å². The number of methoxy groups -OCH3 is 1. The van der Waals surface area contributed by atoms with Gasteiger partial charge in [0.2, 0.25) is 10.0 Å². The van der Waals surface area contributed by atoms with Crippen LogP contribution < -0.4 is 10.1 Å². The van der Waals surface area contributed by atoms with E-state index in [1.54, 1.807) is 25.2 Å². The van der Waals surface area contributed by atoms with Gasteiger partial charge in [-0.2, -0.15) is 4.31 Å². The molecule has 0 spiro atoms. The van der Waals surface area contributed by atoms with Crippen molar-refractivity contribution < 1.29 is 17.9 Å². The molecule has 0 aliphatic carbocycles. The van der Waals surface area contributed by atoms with Gasteiger partial charge in [-0.25, -0.2) is 8.42 Å². The van der Waals surface area contributed by atoms with Gasteiger partial charge in [-0.1, -0.05) is 13.8 Å². The maximum atomic E-state index is 12.9. The van der Waals surface area contributed by atoms with Gasteiger partial charge < -0.3 is 10.1 Å². The van der Waals surface area contributed by atoms with Crippen LogP contribution in [-0.4, -0.2) is 38.8 Å². The van der Waals surface area contributed by atoms with Gasteiger partial charge in [-0.3, -0.25) is 4.79 Å². The number of nitrogens with zero attached hydrogens (tertiary/aromatic N) is 1. The standard InChI is InChI=1S/C20H28N2O4S2/c1-7-22(8-2)28(24,25)16-9-10-19(26-6)18(12-16)20(23)21-14(4)17-11-13(3)27-15(17)5/h9-12,14H,7-8H2,1-6H3,(H,21,23)/t14-/m0/s1. The molecule has 0 aliphatic rings. The fourth-order valence-corrected chi connectivity index (χ4v) is 5.68. The van der Waals surface area contributed by atoms with E-state index in [1.807, 2.05) is 20.8 Å². The minimum Gasteiger partial charge on any atom is -0.496 e. The van der Waals surface area contributed by atoms with Gasteiger partial charge in [0.05, 0.1) is 23.6 Å². The summed E-state index contributed by atoms with van der Waals surface area (Å²) >= 11 is 1.68. The third-order valence-electron chi connectivity index (χ3n) is 4.65. The summed E-state index contributed by atoms with van der Waals surface area (Å²) < 4.78 is 32.3. The highest BCUT2D eigenvalue weighted by Crippen LogP contribution is 2.28. The van der Waals surface area contributed by atoms with Crippen molar-refractivity contribution in [1.29, 1.82) is 0 Å². The summed E-state index contributed by atoms with van der Waals surface area (Å²) in [7, 11) is -2.21. The lowest BCUT2D eigenvalue weighted by Gasteiger charge is -2.20. The van der Waals surface area contributed by atoms with Crippen LogP contribution in [0.2, 0.25) is 0 Å². The summed E-state index contributed by atoms with van der Waals surface area (Å²) in [6.45, 7) is 10.2. The molecule has 1 amide bonds. The van der Waals surface area contributed by atoms with Crippen LogP contribution in [0.4, 0.5) is 0 Å². The zero-order valence-corrected chi connectivity index (χ0v) is 18.8. The Balaban J connectivity index is 2.38. The van der Waals surface area contributed by atoms with Gasteiger partial charge in [0.15, 0.2) is 0 Å². The van der Waals surface area contributed by atoms with Crippen molar-refractivity contribution in [2.75, 3.05) is 20.2 Å². The van der Waals surface area contributed by atoms with Crippen molar-refractivity contribution in [3.63, 3.8) is 0 Å². The fraction of sp³-hybridized carbons (Fsp3) is 0.450. The highest BCUT2D eigenvalue weighted by atomic mass is 32.2. The zero-order valence-electron chi connectivity index (χ0n) is 17.2. The van der Waals surface area contributed by atoms with Crippen molar-refractivity contribution in [2.45, 2.75) is 45.6 Å². The summed E-state index contributed by atoms with van der Waals surface area (Å²) in [6.07, 6.45) is 0. The summed E-state index contributed by atoms with van der Waals surface area (Å²) in [5, 5.41) is 2.96. The first-order chi connectivity index (χ1) is 13.1. The smallest absolute Gasteiger partial charge is 0.255 e. The number of hydrogen-bond acceptors (Lipinski definition) is 5. The third-order valence-corrected chi connectivity index (χ3v) is 7.68. The van der Waals surface area contributed by atoms with E-state index < -0.39 is 10.0 Å². The van der Waals surface area contributed by atoms with E-state index in [0.29, 0.717) is 18.8 Å². The summed E-state index contributed by atoms with van der Waals surface area (Å²) in [6, 6.07) is 6.24. The van der Waals surface area contributed by atoms with Crippen LogP contribution in [0.15, 0.2) is 29.2 Å². The molecule has 1 heterocycles. The lowest BCUT2D eigenvalue weighted by atomic mass is 10.1. The summed E-state index contributed by atoms with van der Waals surface area (Å²) in [5.41, 5.74) is 1.26. The molecule has 8 heteroatoms. The largest absolute Gasteiger partial charge is 0.496 e. The van der Waals surface area contributed by atoms with Crippen LogP contribution in [0.25, 0.3) is 0 Å². The molecule has 0 fully saturated rings. The number of amides is 1. The Morgan fingerprint density at radius 3 is 2.36 bits per heavy atom. The Labute approximate surface area is 171 Å². The minimum atomic E-state index is -3.67. The average molecular weight is 425 g/mol. The monoisotopic (exact) mass is 424 g/mol. The number of nitrogens with one attached hydrogen (secondary N) is 1. The second-order valence-electron chi connectivity index (χ2n) is 6.52. The van der Waals surface area contributed by atoms with E-state index in [-0.39, 0.29) is 22.4 Å². The lowest BCUT2D eigenvalue weighted by molar-refractivity contribution is 0.0936. The molecule has 1 aromatic heterocycles. The van der Waals surface area contributed by atoms with Crippen molar-refractivity contribution in [2.24, 2.45) is 0 Å². The fourth-order valence-electron chi connectivity index (χ4n) is 3.17. The molecule has 1 atom stereocenters. The molecule has 28 heavy (non-hydrogen) atoms. The molecular weight excluding hydrogens is 396 g/mol. The Hall–Kier alpha value is -1.90. The molecule has 154 valence electrons. The normalized spacial score (nSPS) is 12.8. The Bertz CT molecular complexity index is 947. The molecule has 0 radical (unpaired) electrons. The molecular formula is C20H28N2O4S2. The van der Waals surface area contributed by atoms with Crippen LogP contribution in [0.3, 0.4) is 0 Å². The number of hydrogen-bond donors (Lipinski definition) is 1. The SMILES string of the molecule is CCN(CC)S(=O)(=O)c1ccc(OC)c(C(=O)N[C@@H](C)c2cc(C)sc2C)c1. The highest BCUT2D eigenvalue weighted by Gasteiger charge is 2.25. The van der Waals surface area contributed by atoms with Crippen molar-refractivity contribution in [3.05, 3.63) is 45.1 Å². The molecule has 2 rings (SSSR count). The van der Waals surface area contributed by atoms with E-state index in [0.717, 1.165) is 10.4 Å². The molecule has 6 nitrogen and oxygen atoms in total. The number of carbonyl (C=O) groups is 1. The van der Waals surface area contributed by atoms with E-state index in [2.05, 4.69) is 11.4 Å². The summed E-state index contributed by atoms with van der Waals surface area (Å²) in [4.78, 5) is 15.3. The van der Waals surface area contributed by atoms with Gasteiger partial charge in [-0.15, -0.1) is 11.3 Å². The molecule has 2 aromatic rings. The number of aryl methyl sites for hydroxylation is 2. The van der Waals surface area contributed by atoms with Crippen LogP contribution in [-0.2, 0) is 10.0 Å². The van der Waals surface area contributed by atoms with E-state index in [4.69, 9.17) is 4.74 Å². The number of benzene rings is 1. The number of ether oxygens (including phenoxy) is 1. The van der Waals surface area contributed by atoms with Crippen molar-refractivity contribution in [1.82, 2.24) is 9.62 Å². The molecule has 1 N–H and O–H groups in total. The number of carbonyl (C=O) groups excluding carboxylic acids is 1. The van der Waals surface area contributed by atoms with Crippen LogP contribution >= 0.6 is 11.3 Å². The first-order valence-electron chi connectivity index (χ1n) is 9.21. The summed E-state index contributed by atoms with van der Waals surface area (Å²) in [5.74, 6) is -0.0365. The lowest BCUT2D eigenvalue weighted by Crippen LogP contribution is -2.31. The Morgan fingerprint density at radius 1 is 1.21 bits per heavy atom. The van der Waals surface area contributed by atoms with Gasteiger partial charge in [0.25, 0.3) is 5.91 Å². The highest BCUT2D eigenvalue weighted by molar-refractivity contribution is 7.89. The van der Waals surface area contributed by atoms with Crippen molar-refractivity contribution >= 4 is 27.3 Å². The minimum absolute atomic E-state index is 0.0809. The maximum Gasteiger partial charge on any atom is 0.255 e. The quantitative estimate of drug-likeness (QED) is 0.697. The van der Waals surface area contributed by atoms with Gasteiger partial charge in [0.1, 0.15) is 5.75 Å². The third kappa shape index (κ3) is 4.56. The second kappa shape index (κ2) is 9.07. The molecule has 0 saturated carbocycles. The van der Waals surface area contributed by atoms with Crippen molar-refractivity contribution in [3.8, 4) is 5.75 Å². The number of rotatable bonds is 8. The van der Waals surface area contributed by atoms with E-state index in [9.17, 15) is 13.2 Å². The predicted octanol–water partition coefficient (Wildman–Crippen LogP) is 3.90. The zero-order chi connectivity index (χ0) is 21.1. The van der Waals surface area contributed by atoms with E-state index in [1.165, 1.54) is 34.5 Å². The molecule has 1 aromatic carbocycles. The van der Waals surface area contributed by atoms with Gasteiger partial charge in [-0.05, 0) is 50.6 Å². The first kappa shape index (κ1) is 22.4. The Morgan fingerprint density at radius 2 is 1.86 bits per heavy atom. The average Bonchev–Trinajstić information content (AvgIpc) is 3.00. The predicted molar refractivity (Wildman–Crippen MR) is 113 cm³/mol. The van der Waals surface area contributed by atoms with Crippen LogP contribution in [0.5, 0.6) is 5.75 Å². The first-order valence-corrected chi connectivity index (χ1v) is 11.5. The molecule has 0 aliphatic heterocycles. The van der Waals surface area contributed by atoms with Gasteiger partial charge >= 0.3 is 0 Å². The molecule has 0 bridgehead atoms. The number of sulfonamides is 1.